The van der Waals surface area contributed by atoms with E-state index in [4.69, 9.17) is 11.6 Å². The summed E-state index contributed by atoms with van der Waals surface area (Å²) in [5.74, 6) is 0.0254. The Kier molecular flexibility index (Phi) is 4.67. The summed E-state index contributed by atoms with van der Waals surface area (Å²) in [6.07, 6.45) is 5.57. The van der Waals surface area contributed by atoms with E-state index >= 15 is 0 Å². The van der Waals surface area contributed by atoms with Crippen molar-refractivity contribution in [3.8, 4) is 0 Å². The number of hydrogen-bond acceptors (Lipinski definition) is 4. The highest BCUT2D eigenvalue weighted by Gasteiger charge is 2.45. The van der Waals surface area contributed by atoms with Crippen LogP contribution in [0.2, 0.25) is 5.02 Å². The zero-order chi connectivity index (χ0) is 16.6. The van der Waals surface area contributed by atoms with E-state index in [1.165, 1.54) is 30.2 Å². The predicted octanol–water partition coefficient (Wildman–Crippen LogP) is 3.73. The fourth-order valence-electron chi connectivity index (χ4n) is 3.05. The largest absolute Gasteiger partial charge is 0.383 e. The third-order valence-electron chi connectivity index (χ3n) is 4.63. The fraction of sp³-hybridized carbons (Fsp3) is 0.500. The van der Waals surface area contributed by atoms with Gasteiger partial charge >= 0.3 is 0 Å². The quantitative estimate of drug-likeness (QED) is 0.802. The molecule has 1 aliphatic rings. The zero-order valence-electron chi connectivity index (χ0n) is 13.0. The van der Waals surface area contributed by atoms with Gasteiger partial charge in [-0.1, -0.05) is 36.4 Å². The first kappa shape index (κ1) is 16.7. The first-order valence-corrected chi connectivity index (χ1v) is 9.15. The van der Waals surface area contributed by atoms with E-state index in [2.05, 4.69) is 10.1 Å². The van der Waals surface area contributed by atoms with Gasteiger partial charge in [0.25, 0.3) is 0 Å². The summed E-state index contributed by atoms with van der Waals surface area (Å²) in [5, 5.41) is 16.7. The molecule has 1 heterocycles. The molecule has 1 aromatic heterocycles. The normalized spacial score (nSPS) is 18.7. The number of hydrogen-bond donors (Lipinski definition) is 1. The van der Waals surface area contributed by atoms with E-state index in [0.717, 1.165) is 18.0 Å². The van der Waals surface area contributed by atoms with Gasteiger partial charge in [-0.25, -0.2) is 14.1 Å². The highest BCUT2D eigenvalue weighted by molar-refractivity contribution is 7.98. The van der Waals surface area contributed by atoms with Crippen molar-refractivity contribution in [2.24, 2.45) is 11.8 Å². The minimum atomic E-state index is -1.22. The molecule has 124 valence electrons. The van der Waals surface area contributed by atoms with Crippen LogP contribution in [-0.2, 0) is 12.1 Å². The molecule has 1 saturated carbocycles. The average molecular weight is 356 g/mol. The Labute approximate surface area is 144 Å². The van der Waals surface area contributed by atoms with Gasteiger partial charge in [0.05, 0.1) is 6.54 Å². The lowest BCUT2D eigenvalue weighted by molar-refractivity contribution is -0.0461. The van der Waals surface area contributed by atoms with Crippen LogP contribution in [0.15, 0.2) is 29.7 Å². The molecule has 0 aliphatic heterocycles. The second kappa shape index (κ2) is 6.42. The van der Waals surface area contributed by atoms with Gasteiger partial charge in [-0.3, -0.25) is 0 Å². The van der Waals surface area contributed by atoms with Crippen LogP contribution in [0.4, 0.5) is 4.39 Å². The van der Waals surface area contributed by atoms with Crippen molar-refractivity contribution in [3.63, 3.8) is 0 Å². The number of rotatable bonds is 6. The van der Waals surface area contributed by atoms with E-state index < -0.39 is 11.4 Å². The first-order valence-electron chi connectivity index (χ1n) is 7.55. The molecule has 0 bridgehead atoms. The molecule has 0 radical (unpaired) electrons. The Hall–Kier alpha value is -1.11. The van der Waals surface area contributed by atoms with Crippen LogP contribution in [0, 0.1) is 17.7 Å². The molecule has 4 nitrogen and oxygen atoms in total. The Morgan fingerprint density at radius 3 is 2.87 bits per heavy atom. The van der Waals surface area contributed by atoms with E-state index in [1.807, 2.05) is 13.2 Å². The van der Waals surface area contributed by atoms with Crippen LogP contribution in [-0.4, -0.2) is 26.1 Å². The first-order chi connectivity index (χ1) is 11.0. The van der Waals surface area contributed by atoms with Crippen LogP contribution in [0.5, 0.6) is 0 Å². The Bertz CT molecular complexity index is 706. The van der Waals surface area contributed by atoms with Crippen LogP contribution in [0.25, 0.3) is 0 Å². The molecule has 3 rings (SSSR count). The van der Waals surface area contributed by atoms with E-state index in [9.17, 15) is 9.50 Å². The second-order valence-electron chi connectivity index (χ2n) is 6.08. The minimum Gasteiger partial charge on any atom is -0.383 e. The maximum Gasteiger partial charge on any atom is 0.185 e. The van der Waals surface area contributed by atoms with E-state index in [0.29, 0.717) is 11.5 Å². The molecule has 2 unspecified atom stereocenters. The zero-order valence-corrected chi connectivity index (χ0v) is 14.6. The van der Waals surface area contributed by atoms with Crippen molar-refractivity contribution in [1.29, 1.82) is 0 Å². The highest BCUT2D eigenvalue weighted by Crippen LogP contribution is 2.48. The van der Waals surface area contributed by atoms with Crippen molar-refractivity contribution in [1.82, 2.24) is 14.8 Å². The van der Waals surface area contributed by atoms with Gasteiger partial charge < -0.3 is 5.11 Å². The van der Waals surface area contributed by atoms with Gasteiger partial charge in [0.2, 0.25) is 0 Å². The van der Waals surface area contributed by atoms with Crippen molar-refractivity contribution in [2.75, 3.05) is 6.26 Å². The van der Waals surface area contributed by atoms with Gasteiger partial charge in [-0.05, 0) is 43.1 Å². The average Bonchev–Trinajstić information content (AvgIpc) is 3.26. The molecule has 1 fully saturated rings. The molecule has 7 heteroatoms. The SMILES string of the molecule is CSc1ncnn1CC(O)(c1ccc(F)cc1Cl)C(C)C1CC1. The van der Waals surface area contributed by atoms with Gasteiger partial charge in [0.1, 0.15) is 17.7 Å². The van der Waals surface area contributed by atoms with Gasteiger partial charge in [-0.2, -0.15) is 5.10 Å². The number of halogens is 2. The number of nitrogens with zero attached hydrogens (tertiary/aromatic N) is 3. The number of thioether (sulfide) groups is 1. The smallest absolute Gasteiger partial charge is 0.185 e. The molecule has 1 N–H and O–H groups in total. The third-order valence-corrected chi connectivity index (χ3v) is 5.63. The summed E-state index contributed by atoms with van der Waals surface area (Å²) in [4.78, 5) is 4.18. The van der Waals surface area contributed by atoms with Crippen LogP contribution in [0.1, 0.15) is 25.3 Å². The standard InChI is InChI=1S/C16H19ClFN3OS/c1-10(11-3-4-11)16(22,8-21-15(23-2)19-9-20-21)13-6-5-12(18)7-14(13)17/h5-7,9-11,22H,3-4,8H2,1-2H3. The molecule has 23 heavy (non-hydrogen) atoms. The van der Waals surface area contributed by atoms with E-state index in [1.54, 1.807) is 10.7 Å². The fourth-order valence-corrected chi connectivity index (χ4v) is 3.86. The topological polar surface area (TPSA) is 50.9 Å². The molecular formula is C16H19ClFN3OS. The lowest BCUT2D eigenvalue weighted by Crippen LogP contribution is -2.40. The molecule has 0 spiro atoms. The van der Waals surface area contributed by atoms with Gasteiger partial charge in [0, 0.05) is 10.6 Å². The van der Waals surface area contributed by atoms with Crippen LogP contribution < -0.4 is 0 Å². The highest BCUT2D eigenvalue weighted by atomic mass is 35.5. The van der Waals surface area contributed by atoms with Crippen molar-refractivity contribution in [3.05, 3.63) is 40.9 Å². The monoisotopic (exact) mass is 355 g/mol. The Balaban J connectivity index is 2.03. The van der Waals surface area contributed by atoms with Gasteiger partial charge in [0.15, 0.2) is 5.16 Å². The predicted molar refractivity (Wildman–Crippen MR) is 89.0 cm³/mol. The molecule has 0 saturated heterocycles. The number of benzene rings is 1. The second-order valence-corrected chi connectivity index (χ2v) is 7.26. The minimum absolute atomic E-state index is 0.00985. The number of aromatic nitrogens is 3. The summed E-state index contributed by atoms with van der Waals surface area (Å²) in [7, 11) is 0. The Morgan fingerprint density at radius 2 is 2.26 bits per heavy atom. The number of aliphatic hydroxyl groups is 1. The molecule has 2 atom stereocenters. The summed E-state index contributed by atoms with van der Waals surface area (Å²) < 4.78 is 15.1. The van der Waals surface area contributed by atoms with Crippen molar-refractivity contribution in [2.45, 2.75) is 37.1 Å². The van der Waals surface area contributed by atoms with E-state index in [-0.39, 0.29) is 17.5 Å². The molecule has 1 aromatic carbocycles. The van der Waals surface area contributed by atoms with Crippen LogP contribution >= 0.6 is 23.4 Å². The maximum absolute atomic E-state index is 13.4. The molecular weight excluding hydrogens is 337 g/mol. The lowest BCUT2D eigenvalue weighted by atomic mass is 9.79. The third kappa shape index (κ3) is 3.25. The van der Waals surface area contributed by atoms with Crippen molar-refractivity contribution >= 4 is 23.4 Å². The molecule has 0 amide bonds. The summed E-state index contributed by atoms with van der Waals surface area (Å²) >= 11 is 7.71. The summed E-state index contributed by atoms with van der Waals surface area (Å²) in [6, 6.07) is 4.16. The molecule has 2 aromatic rings. The summed E-state index contributed by atoms with van der Waals surface area (Å²) in [6.45, 7) is 2.26. The van der Waals surface area contributed by atoms with Crippen LogP contribution in [0.3, 0.4) is 0 Å². The molecule has 1 aliphatic carbocycles. The maximum atomic E-state index is 13.4. The van der Waals surface area contributed by atoms with Crippen molar-refractivity contribution < 1.29 is 9.50 Å². The summed E-state index contributed by atoms with van der Waals surface area (Å²) in [5.41, 5.74) is -0.674. The Morgan fingerprint density at radius 1 is 1.52 bits per heavy atom. The lowest BCUT2D eigenvalue weighted by Gasteiger charge is -2.35. The van der Waals surface area contributed by atoms with Gasteiger partial charge in [-0.15, -0.1) is 0 Å².